The molecule has 6 nitrogen and oxygen atoms in total. The first-order valence-electron chi connectivity index (χ1n) is 8.33. The van der Waals surface area contributed by atoms with Crippen LogP contribution in [-0.4, -0.2) is 68.3 Å². The van der Waals surface area contributed by atoms with Gasteiger partial charge in [0.15, 0.2) is 5.96 Å². The first-order chi connectivity index (χ1) is 11.2. The number of carbonyl (C=O) groups is 1. The lowest BCUT2D eigenvalue weighted by atomic mass is 10.2. The van der Waals surface area contributed by atoms with Gasteiger partial charge in [-0.15, -0.1) is 0 Å². The van der Waals surface area contributed by atoms with Gasteiger partial charge in [-0.3, -0.25) is 14.7 Å². The summed E-state index contributed by atoms with van der Waals surface area (Å²) in [6, 6.07) is -0.0598. The lowest BCUT2D eigenvalue weighted by Gasteiger charge is -2.19. The van der Waals surface area contributed by atoms with E-state index in [-0.39, 0.29) is 17.9 Å². The Morgan fingerprint density at radius 2 is 2.04 bits per heavy atom. The maximum atomic E-state index is 12.4. The average Bonchev–Trinajstić information content (AvgIpc) is 2.88. The van der Waals surface area contributed by atoms with Crippen molar-refractivity contribution in [3.63, 3.8) is 0 Å². The molecule has 9 heteroatoms. The second-order valence-electron chi connectivity index (χ2n) is 6.19. The Hall–Kier alpha value is -1.51. The van der Waals surface area contributed by atoms with E-state index in [1.54, 1.807) is 0 Å². The predicted octanol–water partition coefficient (Wildman–Crippen LogP) is 0.950. The van der Waals surface area contributed by atoms with Crippen molar-refractivity contribution in [1.82, 2.24) is 20.9 Å². The number of aliphatic imine (C=N–C) groups is 1. The van der Waals surface area contributed by atoms with E-state index in [1.807, 2.05) is 20.8 Å². The van der Waals surface area contributed by atoms with Crippen molar-refractivity contribution in [2.75, 3.05) is 39.3 Å². The molecule has 0 aromatic carbocycles. The number of halogens is 3. The van der Waals surface area contributed by atoms with E-state index in [0.29, 0.717) is 45.1 Å². The molecule has 0 spiro atoms. The van der Waals surface area contributed by atoms with Gasteiger partial charge in [-0.25, -0.2) is 0 Å². The maximum Gasteiger partial charge on any atom is 0.401 e. The molecule has 1 fully saturated rings. The minimum absolute atomic E-state index is 0.0262. The largest absolute Gasteiger partial charge is 0.401 e. The van der Waals surface area contributed by atoms with E-state index in [0.717, 1.165) is 0 Å². The van der Waals surface area contributed by atoms with Crippen LogP contribution in [0.25, 0.3) is 0 Å². The Bertz CT molecular complexity index is 426. The zero-order valence-electron chi connectivity index (χ0n) is 14.5. The van der Waals surface area contributed by atoms with Crippen molar-refractivity contribution in [2.24, 2.45) is 10.9 Å². The molecule has 140 valence electrons. The molecule has 1 heterocycles. The topological polar surface area (TPSA) is 68.8 Å². The number of guanidine groups is 1. The Morgan fingerprint density at radius 1 is 1.33 bits per heavy atom. The molecular weight excluding hydrogens is 323 g/mol. The molecule has 1 unspecified atom stereocenters. The predicted molar refractivity (Wildman–Crippen MR) is 87.9 cm³/mol. The van der Waals surface area contributed by atoms with Crippen LogP contribution in [-0.2, 0) is 4.79 Å². The first-order valence-corrected chi connectivity index (χ1v) is 8.33. The highest BCUT2D eigenvalue weighted by Crippen LogP contribution is 2.19. The van der Waals surface area contributed by atoms with Gasteiger partial charge in [0.25, 0.3) is 0 Å². The first kappa shape index (κ1) is 20.5. The van der Waals surface area contributed by atoms with Crippen LogP contribution >= 0.6 is 0 Å². The highest BCUT2D eigenvalue weighted by atomic mass is 19.4. The molecule has 3 N–H and O–H groups in total. The van der Waals surface area contributed by atoms with E-state index >= 15 is 0 Å². The highest BCUT2D eigenvalue weighted by Gasteiger charge is 2.34. The molecule has 0 saturated carbocycles. The van der Waals surface area contributed by atoms with Gasteiger partial charge in [-0.1, -0.05) is 13.8 Å². The molecule has 1 atom stereocenters. The summed E-state index contributed by atoms with van der Waals surface area (Å²) >= 11 is 0. The molecule has 1 aliphatic heterocycles. The van der Waals surface area contributed by atoms with Crippen molar-refractivity contribution in [1.29, 1.82) is 0 Å². The van der Waals surface area contributed by atoms with Gasteiger partial charge < -0.3 is 16.0 Å². The third kappa shape index (κ3) is 8.37. The molecule has 0 aliphatic carbocycles. The van der Waals surface area contributed by atoms with Crippen LogP contribution in [0.5, 0.6) is 0 Å². The molecule has 0 bridgehead atoms. The van der Waals surface area contributed by atoms with Crippen molar-refractivity contribution < 1.29 is 18.0 Å². The maximum absolute atomic E-state index is 12.4. The zero-order chi connectivity index (χ0) is 18.2. The normalized spacial score (nSPS) is 19.6. The fraction of sp³-hybridized carbons (Fsp3) is 0.867. The number of nitrogens with zero attached hydrogens (tertiary/aromatic N) is 2. The summed E-state index contributed by atoms with van der Waals surface area (Å²) in [7, 11) is 0. The van der Waals surface area contributed by atoms with Crippen molar-refractivity contribution in [2.45, 2.75) is 39.4 Å². The summed E-state index contributed by atoms with van der Waals surface area (Å²) in [6.07, 6.45) is -3.52. The lowest BCUT2D eigenvalue weighted by Crippen LogP contribution is -2.45. The Balaban J connectivity index is 2.40. The second-order valence-corrected chi connectivity index (χ2v) is 6.19. The average molecular weight is 351 g/mol. The SMILES string of the molecule is CCNC(=NCCNC(=O)C(C)C)NC1CCN(CC(F)(F)F)C1. The number of nitrogens with one attached hydrogen (secondary N) is 3. The van der Waals surface area contributed by atoms with E-state index < -0.39 is 12.7 Å². The van der Waals surface area contributed by atoms with Crippen molar-refractivity contribution >= 4 is 11.9 Å². The van der Waals surface area contributed by atoms with E-state index in [1.165, 1.54) is 4.90 Å². The number of rotatable bonds is 7. The van der Waals surface area contributed by atoms with Gasteiger partial charge in [0.1, 0.15) is 0 Å². The number of alkyl halides is 3. The Morgan fingerprint density at radius 3 is 2.62 bits per heavy atom. The van der Waals surface area contributed by atoms with E-state index in [2.05, 4.69) is 20.9 Å². The van der Waals surface area contributed by atoms with Gasteiger partial charge in [0.05, 0.1) is 13.1 Å². The minimum atomic E-state index is -4.16. The van der Waals surface area contributed by atoms with Crippen LogP contribution in [0, 0.1) is 5.92 Å². The van der Waals surface area contributed by atoms with Crippen LogP contribution in [0.4, 0.5) is 13.2 Å². The molecule has 24 heavy (non-hydrogen) atoms. The molecule has 1 aliphatic rings. The van der Waals surface area contributed by atoms with Gasteiger partial charge >= 0.3 is 6.18 Å². The summed E-state index contributed by atoms with van der Waals surface area (Å²) in [4.78, 5) is 17.2. The summed E-state index contributed by atoms with van der Waals surface area (Å²) in [5.41, 5.74) is 0. The van der Waals surface area contributed by atoms with Gasteiger partial charge in [-0.05, 0) is 13.3 Å². The Kier molecular flexibility index (Phi) is 8.30. The highest BCUT2D eigenvalue weighted by molar-refractivity contribution is 5.80. The zero-order valence-corrected chi connectivity index (χ0v) is 14.5. The molecular formula is C15H28F3N5O. The molecule has 0 radical (unpaired) electrons. The van der Waals surface area contributed by atoms with Crippen LogP contribution in [0.1, 0.15) is 27.2 Å². The number of hydrogen-bond acceptors (Lipinski definition) is 3. The van der Waals surface area contributed by atoms with Crippen molar-refractivity contribution in [3.8, 4) is 0 Å². The van der Waals surface area contributed by atoms with Crippen LogP contribution in [0.2, 0.25) is 0 Å². The summed E-state index contributed by atoms with van der Waals surface area (Å²) in [5, 5.41) is 9.00. The third-order valence-corrected chi connectivity index (χ3v) is 3.57. The molecule has 0 aromatic heterocycles. The van der Waals surface area contributed by atoms with Gasteiger partial charge in [0, 0.05) is 38.1 Å². The van der Waals surface area contributed by atoms with E-state index in [9.17, 15) is 18.0 Å². The fourth-order valence-corrected chi connectivity index (χ4v) is 2.41. The van der Waals surface area contributed by atoms with Crippen molar-refractivity contribution in [3.05, 3.63) is 0 Å². The summed E-state index contributed by atoms with van der Waals surface area (Å²) < 4.78 is 37.2. The lowest BCUT2D eigenvalue weighted by molar-refractivity contribution is -0.143. The smallest absolute Gasteiger partial charge is 0.357 e. The fourth-order valence-electron chi connectivity index (χ4n) is 2.41. The number of hydrogen-bond donors (Lipinski definition) is 3. The number of carbonyl (C=O) groups excluding carboxylic acids is 1. The molecule has 1 amide bonds. The van der Waals surface area contributed by atoms with Gasteiger partial charge in [0.2, 0.25) is 5.91 Å². The molecule has 0 aromatic rings. The number of likely N-dealkylation sites (tertiary alicyclic amines) is 1. The number of amides is 1. The van der Waals surface area contributed by atoms with Crippen LogP contribution < -0.4 is 16.0 Å². The standard InChI is InChI=1S/C15H28F3N5O/c1-4-19-14(21-7-6-20-13(24)11(2)3)22-12-5-8-23(9-12)10-15(16,17)18/h11-12H,4-10H2,1-3H3,(H,20,24)(H2,19,21,22). The molecule has 1 rings (SSSR count). The monoisotopic (exact) mass is 351 g/mol. The molecule has 1 saturated heterocycles. The quantitative estimate of drug-likeness (QED) is 0.363. The summed E-state index contributed by atoms with van der Waals surface area (Å²) in [6.45, 7) is 6.93. The van der Waals surface area contributed by atoms with Crippen LogP contribution in [0.15, 0.2) is 4.99 Å². The summed E-state index contributed by atoms with van der Waals surface area (Å²) in [5.74, 6) is 0.468. The van der Waals surface area contributed by atoms with Gasteiger partial charge in [-0.2, -0.15) is 13.2 Å². The van der Waals surface area contributed by atoms with E-state index in [4.69, 9.17) is 0 Å². The third-order valence-electron chi connectivity index (χ3n) is 3.57. The second kappa shape index (κ2) is 9.71. The Labute approximate surface area is 141 Å². The minimum Gasteiger partial charge on any atom is -0.357 e. The van der Waals surface area contributed by atoms with Crippen LogP contribution in [0.3, 0.4) is 0 Å².